The minimum Gasteiger partial charge on any atom is -0.469 e. The van der Waals surface area contributed by atoms with E-state index in [0.29, 0.717) is 6.42 Å². The average Bonchev–Trinajstić information content (AvgIpc) is 2.24. The predicted octanol–water partition coefficient (Wildman–Crippen LogP) is 0.0200. The van der Waals surface area contributed by atoms with E-state index in [1.54, 1.807) is 6.92 Å². The standard InChI is InChI=1S/C10H21NO5S/c1-4-6-10(2,13)8-11-17(14,15)7-5-9(12)16-3/h11,13H,4-8H2,1-3H3. The second-order valence-corrected chi connectivity index (χ2v) is 6.14. The Bertz CT molecular complexity index is 337. The first-order valence-electron chi connectivity index (χ1n) is 5.49. The van der Waals surface area contributed by atoms with Crippen LogP contribution in [-0.4, -0.2) is 44.5 Å². The van der Waals surface area contributed by atoms with Gasteiger partial charge in [-0.05, 0) is 13.3 Å². The van der Waals surface area contributed by atoms with Gasteiger partial charge in [0.05, 0.1) is 24.9 Å². The number of methoxy groups -OCH3 is 1. The maximum absolute atomic E-state index is 11.5. The highest BCUT2D eigenvalue weighted by Crippen LogP contribution is 2.10. The molecule has 1 atom stereocenters. The largest absolute Gasteiger partial charge is 0.469 e. The number of rotatable bonds is 8. The average molecular weight is 267 g/mol. The summed E-state index contributed by atoms with van der Waals surface area (Å²) in [7, 11) is -2.35. The van der Waals surface area contributed by atoms with Crippen LogP contribution < -0.4 is 4.72 Å². The summed E-state index contributed by atoms with van der Waals surface area (Å²) in [5, 5.41) is 9.78. The molecule has 0 aromatic heterocycles. The number of ether oxygens (including phenoxy) is 1. The van der Waals surface area contributed by atoms with Crippen LogP contribution in [0.2, 0.25) is 0 Å². The van der Waals surface area contributed by atoms with Crippen LogP contribution in [0, 0.1) is 0 Å². The third-order valence-corrected chi connectivity index (χ3v) is 3.59. The van der Waals surface area contributed by atoms with Gasteiger partial charge in [-0.25, -0.2) is 13.1 Å². The maximum Gasteiger partial charge on any atom is 0.306 e. The van der Waals surface area contributed by atoms with E-state index in [4.69, 9.17) is 0 Å². The van der Waals surface area contributed by atoms with E-state index in [1.165, 1.54) is 7.11 Å². The smallest absolute Gasteiger partial charge is 0.306 e. The molecule has 0 amide bonds. The molecule has 0 fully saturated rings. The Hall–Kier alpha value is -0.660. The minimum atomic E-state index is -3.55. The van der Waals surface area contributed by atoms with Crippen molar-refractivity contribution in [2.75, 3.05) is 19.4 Å². The Morgan fingerprint density at radius 3 is 2.53 bits per heavy atom. The topological polar surface area (TPSA) is 92.7 Å². The predicted molar refractivity (Wildman–Crippen MR) is 64.0 cm³/mol. The Balaban J connectivity index is 4.14. The molecule has 0 bridgehead atoms. The van der Waals surface area contributed by atoms with Crippen molar-refractivity contribution in [3.63, 3.8) is 0 Å². The number of hydrogen-bond donors (Lipinski definition) is 2. The summed E-state index contributed by atoms with van der Waals surface area (Å²) in [4.78, 5) is 10.8. The lowest BCUT2D eigenvalue weighted by atomic mass is 10.0. The summed E-state index contributed by atoms with van der Waals surface area (Å²) < 4.78 is 29.6. The molecule has 0 spiro atoms. The Morgan fingerprint density at radius 1 is 1.47 bits per heavy atom. The number of sulfonamides is 1. The van der Waals surface area contributed by atoms with Gasteiger partial charge in [-0.2, -0.15) is 0 Å². The van der Waals surface area contributed by atoms with Gasteiger partial charge < -0.3 is 9.84 Å². The molecule has 2 N–H and O–H groups in total. The maximum atomic E-state index is 11.5. The molecule has 6 nitrogen and oxygen atoms in total. The van der Waals surface area contributed by atoms with Gasteiger partial charge in [0.2, 0.25) is 10.0 Å². The van der Waals surface area contributed by atoms with Crippen molar-refractivity contribution < 1.29 is 23.1 Å². The molecule has 0 heterocycles. The second-order valence-electron chi connectivity index (χ2n) is 4.21. The van der Waals surface area contributed by atoms with Crippen LogP contribution in [-0.2, 0) is 19.6 Å². The van der Waals surface area contributed by atoms with Crippen molar-refractivity contribution in [2.45, 2.75) is 38.7 Å². The number of carbonyl (C=O) groups excluding carboxylic acids is 1. The summed E-state index contributed by atoms with van der Waals surface area (Å²) in [6, 6.07) is 0. The molecule has 17 heavy (non-hydrogen) atoms. The van der Waals surface area contributed by atoms with Crippen LogP contribution in [0.15, 0.2) is 0 Å². The van der Waals surface area contributed by atoms with Crippen LogP contribution in [0.4, 0.5) is 0 Å². The fraction of sp³-hybridized carbons (Fsp3) is 0.900. The van der Waals surface area contributed by atoms with Gasteiger partial charge in [-0.15, -0.1) is 0 Å². The summed E-state index contributed by atoms with van der Waals surface area (Å²) in [5.41, 5.74) is -1.06. The monoisotopic (exact) mass is 267 g/mol. The van der Waals surface area contributed by atoms with E-state index in [-0.39, 0.29) is 18.7 Å². The number of aliphatic hydroxyl groups is 1. The van der Waals surface area contributed by atoms with E-state index in [9.17, 15) is 18.3 Å². The Labute approximate surface area is 102 Å². The summed E-state index contributed by atoms with van der Waals surface area (Å²) >= 11 is 0. The molecule has 0 aliphatic rings. The first kappa shape index (κ1) is 16.3. The zero-order valence-electron chi connectivity index (χ0n) is 10.5. The molecule has 0 radical (unpaired) electrons. The lowest BCUT2D eigenvalue weighted by Gasteiger charge is -2.22. The molecule has 0 aromatic carbocycles. The Kier molecular flexibility index (Phi) is 6.66. The molecule has 1 unspecified atom stereocenters. The third-order valence-electron chi connectivity index (χ3n) is 2.26. The van der Waals surface area contributed by atoms with Crippen LogP contribution in [0.1, 0.15) is 33.1 Å². The molecule has 0 aromatic rings. The lowest BCUT2D eigenvalue weighted by Crippen LogP contribution is -2.41. The lowest BCUT2D eigenvalue weighted by molar-refractivity contribution is -0.140. The third kappa shape index (κ3) is 8.12. The first-order chi connectivity index (χ1) is 7.72. The minimum absolute atomic E-state index is 0.0512. The SMILES string of the molecule is CCCC(C)(O)CNS(=O)(=O)CCC(=O)OC. The fourth-order valence-electron chi connectivity index (χ4n) is 1.28. The quantitative estimate of drug-likeness (QED) is 0.605. The van der Waals surface area contributed by atoms with E-state index in [1.807, 2.05) is 6.92 Å². The first-order valence-corrected chi connectivity index (χ1v) is 7.14. The van der Waals surface area contributed by atoms with Gasteiger partial charge >= 0.3 is 5.97 Å². The van der Waals surface area contributed by atoms with Gasteiger partial charge in [0, 0.05) is 6.54 Å². The molecule has 0 rings (SSSR count). The molecule has 0 saturated heterocycles. The van der Waals surface area contributed by atoms with Crippen LogP contribution in [0.3, 0.4) is 0 Å². The van der Waals surface area contributed by atoms with Gasteiger partial charge in [-0.1, -0.05) is 13.3 Å². The number of hydrogen-bond acceptors (Lipinski definition) is 5. The number of carbonyl (C=O) groups is 1. The highest BCUT2D eigenvalue weighted by molar-refractivity contribution is 7.89. The van der Waals surface area contributed by atoms with Crippen LogP contribution >= 0.6 is 0 Å². The van der Waals surface area contributed by atoms with E-state index >= 15 is 0 Å². The van der Waals surface area contributed by atoms with E-state index < -0.39 is 21.6 Å². The van der Waals surface area contributed by atoms with E-state index in [2.05, 4.69) is 9.46 Å². The van der Waals surface area contributed by atoms with Crippen molar-refractivity contribution in [1.82, 2.24) is 4.72 Å². The Morgan fingerprint density at radius 2 is 2.06 bits per heavy atom. The van der Waals surface area contributed by atoms with Gasteiger partial charge in [-0.3, -0.25) is 4.79 Å². The highest BCUT2D eigenvalue weighted by Gasteiger charge is 2.22. The number of esters is 1. The normalized spacial score (nSPS) is 15.3. The zero-order valence-corrected chi connectivity index (χ0v) is 11.3. The molecule has 0 saturated carbocycles. The van der Waals surface area contributed by atoms with Gasteiger partial charge in [0.15, 0.2) is 0 Å². The van der Waals surface area contributed by atoms with E-state index in [0.717, 1.165) is 6.42 Å². The van der Waals surface area contributed by atoms with Crippen LogP contribution in [0.5, 0.6) is 0 Å². The van der Waals surface area contributed by atoms with Crippen molar-refractivity contribution in [3.8, 4) is 0 Å². The fourth-order valence-corrected chi connectivity index (χ4v) is 2.39. The van der Waals surface area contributed by atoms with Crippen molar-refractivity contribution in [1.29, 1.82) is 0 Å². The molecule has 0 aliphatic heterocycles. The van der Waals surface area contributed by atoms with Gasteiger partial charge in [0.1, 0.15) is 0 Å². The second kappa shape index (κ2) is 6.93. The summed E-state index contributed by atoms with van der Waals surface area (Å²) in [6.45, 7) is 3.42. The molecular formula is C10H21NO5S. The molecule has 7 heteroatoms. The zero-order chi connectivity index (χ0) is 13.5. The van der Waals surface area contributed by atoms with Crippen LogP contribution in [0.25, 0.3) is 0 Å². The summed E-state index contributed by atoms with van der Waals surface area (Å²) in [5.74, 6) is -0.905. The molecule has 0 aliphatic carbocycles. The molecular weight excluding hydrogens is 246 g/mol. The van der Waals surface area contributed by atoms with Crippen molar-refractivity contribution in [2.24, 2.45) is 0 Å². The van der Waals surface area contributed by atoms with Crippen molar-refractivity contribution in [3.05, 3.63) is 0 Å². The van der Waals surface area contributed by atoms with Crippen molar-refractivity contribution >= 4 is 16.0 Å². The highest BCUT2D eigenvalue weighted by atomic mass is 32.2. The molecule has 102 valence electrons. The number of nitrogens with one attached hydrogen (secondary N) is 1. The van der Waals surface area contributed by atoms with Gasteiger partial charge in [0.25, 0.3) is 0 Å². The summed E-state index contributed by atoms with van der Waals surface area (Å²) in [6.07, 6.45) is 1.07.